The number of nitrogens with one attached hydrogen (secondary N) is 1. The van der Waals surface area contributed by atoms with Gasteiger partial charge in [-0.25, -0.2) is 13.1 Å². The Balaban J connectivity index is 1.44. The van der Waals surface area contributed by atoms with E-state index in [0.29, 0.717) is 38.3 Å². The van der Waals surface area contributed by atoms with E-state index in [1.54, 1.807) is 24.3 Å². The predicted octanol–water partition coefficient (Wildman–Crippen LogP) is 6.97. The normalized spacial score (nSPS) is 23.4. The predicted molar refractivity (Wildman–Crippen MR) is 182 cm³/mol. The van der Waals surface area contributed by atoms with E-state index < -0.39 is 22.0 Å². The number of anilines is 1. The molecule has 45 heavy (non-hydrogen) atoms. The molecule has 2 aromatic rings. The van der Waals surface area contributed by atoms with Crippen LogP contribution < -0.4 is 14.4 Å². The van der Waals surface area contributed by atoms with Crippen LogP contribution in [0.1, 0.15) is 86.2 Å². The lowest BCUT2D eigenvalue weighted by Gasteiger charge is -2.45. The number of benzene rings is 2. The number of aryl methyl sites for hydroxylation is 1. The van der Waals surface area contributed by atoms with E-state index in [2.05, 4.69) is 41.3 Å². The first-order valence-electron chi connectivity index (χ1n) is 16.5. The van der Waals surface area contributed by atoms with E-state index in [1.165, 1.54) is 11.1 Å². The van der Waals surface area contributed by atoms with Crippen LogP contribution in [0.4, 0.5) is 5.69 Å². The second-order valence-corrected chi connectivity index (χ2v) is 15.3. The van der Waals surface area contributed by atoms with Gasteiger partial charge in [-0.05, 0) is 111 Å². The molecular formula is C36H47ClN2O5S. The fraction of sp³-hybridized carbons (Fsp3) is 0.528. The van der Waals surface area contributed by atoms with Crippen LogP contribution in [0.15, 0.2) is 61.2 Å². The number of amides is 1. The summed E-state index contributed by atoms with van der Waals surface area (Å²) in [5.41, 5.74) is 3.29. The zero-order valence-electron chi connectivity index (χ0n) is 26.3. The third-order valence-electron chi connectivity index (χ3n) is 9.78. The molecule has 0 saturated heterocycles. The third kappa shape index (κ3) is 7.95. The van der Waals surface area contributed by atoms with E-state index in [9.17, 15) is 18.3 Å². The maximum absolute atomic E-state index is 13.3. The van der Waals surface area contributed by atoms with Crippen LogP contribution in [0, 0.1) is 11.8 Å². The van der Waals surface area contributed by atoms with E-state index in [-0.39, 0.29) is 28.6 Å². The number of unbranched alkanes of at least 4 members (excludes halogenated alkanes) is 3. The van der Waals surface area contributed by atoms with Crippen molar-refractivity contribution in [3.05, 3.63) is 82.9 Å². The number of halogens is 1. The molecule has 3 aliphatic rings. The van der Waals surface area contributed by atoms with E-state index in [1.807, 2.05) is 12.1 Å². The van der Waals surface area contributed by atoms with Crippen LogP contribution >= 0.6 is 11.6 Å². The molecule has 2 N–H and O–H groups in total. The molecule has 4 atom stereocenters. The molecule has 7 nitrogen and oxygen atoms in total. The van der Waals surface area contributed by atoms with Gasteiger partial charge in [-0.1, -0.05) is 49.2 Å². The molecule has 0 aromatic heterocycles. The summed E-state index contributed by atoms with van der Waals surface area (Å²) in [5.74, 6) is 0.358. The number of aliphatic hydroxyl groups excluding tert-OH is 1. The number of carbonyl (C=O) groups is 1. The molecule has 1 amide bonds. The maximum atomic E-state index is 13.3. The fourth-order valence-corrected chi connectivity index (χ4v) is 8.47. The van der Waals surface area contributed by atoms with E-state index in [4.69, 9.17) is 16.3 Å². The highest BCUT2D eigenvalue weighted by molar-refractivity contribution is 7.90. The Labute approximate surface area is 273 Å². The Morgan fingerprint density at radius 3 is 2.82 bits per heavy atom. The van der Waals surface area contributed by atoms with Gasteiger partial charge < -0.3 is 14.7 Å². The van der Waals surface area contributed by atoms with Crippen molar-refractivity contribution < 1.29 is 23.1 Å². The number of rotatable bonds is 13. The van der Waals surface area contributed by atoms with Crippen LogP contribution in [-0.2, 0) is 21.9 Å². The molecule has 1 saturated carbocycles. The van der Waals surface area contributed by atoms with Crippen molar-refractivity contribution in [3.8, 4) is 5.75 Å². The summed E-state index contributed by atoms with van der Waals surface area (Å²) in [6, 6.07) is 11.4. The molecule has 1 spiro atoms. The molecule has 1 heterocycles. The number of fused-ring (bicyclic) bond motifs is 3. The third-order valence-corrected chi connectivity index (χ3v) is 11.3. The monoisotopic (exact) mass is 654 g/mol. The van der Waals surface area contributed by atoms with Gasteiger partial charge in [0.2, 0.25) is 10.0 Å². The van der Waals surface area contributed by atoms with Crippen LogP contribution in [0.5, 0.6) is 5.75 Å². The van der Waals surface area contributed by atoms with Crippen molar-refractivity contribution >= 4 is 33.2 Å². The maximum Gasteiger partial charge on any atom is 0.264 e. The van der Waals surface area contributed by atoms with Crippen molar-refractivity contribution in [1.82, 2.24) is 4.72 Å². The highest BCUT2D eigenvalue weighted by Gasteiger charge is 2.44. The molecule has 9 heteroatoms. The minimum absolute atomic E-state index is 0.114. The summed E-state index contributed by atoms with van der Waals surface area (Å²) in [6.45, 7) is 7.69. The van der Waals surface area contributed by atoms with Crippen molar-refractivity contribution in [1.29, 1.82) is 0 Å². The minimum Gasteiger partial charge on any atom is -0.490 e. The molecule has 2 aromatic carbocycles. The average Bonchev–Trinajstić information content (AvgIpc) is 3.14. The summed E-state index contributed by atoms with van der Waals surface area (Å²) in [5, 5.41) is 11.7. The highest BCUT2D eigenvalue weighted by atomic mass is 35.5. The van der Waals surface area contributed by atoms with Crippen LogP contribution in [0.3, 0.4) is 0 Å². The summed E-state index contributed by atoms with van der Waals surface area (Å²) in [6.07, 6.45) is 14.1. The minimum atomic E-state index is -3.77. The molecule has 1 aliphatic heterocycles. The van der Waals surface area contributed by atoms with Crippen molar-refractivity contribution in [3.63, 3.8) is 0 Å². The molecule has 2 aliphatic carbocycles. The SMILES string of the molecule is C=CCCCCS(=O)(=O)NC(=O)c1ccc2c(c1)N(C[C@@H]1CC[C@H]1[C@H](O)C=CCCC)C[C@@]1(CCCc3cc(Cl)ccc31)CO2. The molecule has 1 fully saturated rings. The van der Waals surface area contributed by atoms with Crippen LogP contribution in [-0.4, -0.2) is 51.0 Å². The Morgan fingerprint density at radius 1 is 1.22 bits per heavy atom. The van der Waals surface area contributed by atoms with Gasteiger partial charge >= 0.3 is 0 Å². The average molecular weight is 655 g/mol. The van der Waals surface area contributed by atoms with Crippen molar-refractivity contribution in [2.24, 2.45) is 11.8 Å². The number of sulfonamides is 1. The number of nitrogens with zero attached hydrogens (tertiary/aromatic N) is 1. The first-order valence-corrected chi connectivity index (χ1v) is 18.5. The fourth-order valence-electron chi connectivity index (χ4n) is 7.19. The molecule has 0 bridgehead atoms. The number of ether oxygens (including phenoxy) is 1. The van der Waals surface area contributed by atoms with Gasteiger partial charge in [0, 0.05) is 29.1 Å². The van der Waals surface area contributed by atoms with Gasteiger partial charge in [-0.2, -0.15) is 0 Å². The van der Waals surface area contributed by atoms with Gasteiger partial charge in [0.25, 0.3) is 5.91 Å². The zero-order valence-corrected chi connectivity index (χ0v) is 27.9. The first kappa shape index (κ1) is 33.6. The lowest BCUT2D eigenvalue weighted by molar-refractivity contribution is 0.0456. The van der Waals surface area contributed by atoms with Gasteiger partial charge in [-0.3, -0.25) is 4.79 Å². The van der Waals surface area contributed by atoms with Crippen LogP contribution in [0.2, 0.25) is 5.02 Å². The smallest absolute Gasteiger partial charge is 0.264 e. The number of hydrogen-bond donors (Lipinski definition) is 2. The summed E-state index contributed by atoms with van der Waals surface area (Å²) < 4.78 is 34.2. The standard InChI is InChI=1S/C36H47ClN2O5S/c1-3-5-7-9-20-45(42,43)38-35(41)27-14-18-34-32(22-27)39(23-28-13-16-30(28)33(40)12-8-6-4-2)24-36(25-44-34)19-10-11-26-21-29(37)15-17-31(26)36/h3,8,12,14-15,17-18,21-22,28,30,33,40H,1,4-7,9-11,13,16,19-20,23-25H2,2H3,(H,38,41)/t28-,30+,33+,36-/m0/s1. The highest BCUT2D eigenvalue weighted by Crippen LogP contribution is 2.46. The summed E-state index contributed by atoms with van der Waals surface area (Å²) in [4.78, 5) is 15.6. The van der Waals surface area contributed by atoms with E-state index in [0.717, 1.165) is 62.1 Å². The van der Waals surface area contributed by atoms with Gasteiger partial charge in [-0.15, -0.1) is 6.58 Å². The first-order chi connectivity index (χ1) is 21.6. The number of carbonyl (C=O) groups excluding carboxylic acids is 1. The quantitative estimate of drug-likeness (QED) is 0.179. The second kappa shape index (κ2) is 14.7. The van der Waals surface area contributed by atoms with E-state index >= 15 is 0 Å². The number of aliphatic hydroxyl groups is 1. The lowest BCUT2D eigenvalue weighted by Crippen LogP contribution is -2.49. The number of hydrogen-bond acceptors (Lipinski definition) is 6. The summed E-state index contributed by atoms with van der Waals surface area (Å²) in [7, 11) is -3.77. The van der Waals surface area contributed by atoms with Crippen LogP contribution in [0.25, 0.3) is 0 Å². The van der Waals surface area contributed by atoms with Crippen molar-refractivity contribution in [2.45, 2.75) is 82.7 Å². The Bertz CT molecular complexity index is 1510. The van der Waals surface area contributed by atoms with Gasteiger partial charge in [0.05, 0.1) is 24.2 Å². The Hall–Kier alpha value is -2.81. The molecule has 244 valence electrons. The Morgan fingerprint density at radius 2 is 2.07 bits per heavy atom. The Kier molecular flexibility index (Phi) is 11.0. The molecule has 0 radical (unpaired) electrons. The zero-order chi connectivity index (χ0) is 32.0. The summed E-state index contributed by atoms with van der Waals surface area (Å²) >= 11 is 6.40. The molecular weight excluding hydrogens is 608 g/mol. The topological polar surface area (TPSA) is 95.9 Å². The lowest BCUT2D eigenvalue weighted by atomic mass is 9.68. The molecule has 0 unspecified atom stereocenters. The number of allylic oxidation sites excluding steroid dienone is 2. The van der Waals surface area contributed by atoms with Gasteiger partial charge in [0.15, 0.2) is 0 Å². The van der Waals surface area contributed by atoms with Crippen molar-refractivity contribution in [2.75, 3.05) is 30.3 Å². The molecule has 5 rings (SSSR count). The van der Waals surface area contributed by atoms with Gasteiger partial charge in [0.1, 0.15) is 5.75 Å². The largest absolute Gasteiger partial charge is 0.490 e. The second-order valence-electron chi connectivity index (χ2n) is 13.0.